The Morgan fingerprint density at radius 1 is 0.906 bits per heavy atom. The molecule has 1 amide bonds. The van der Waals surface area contributed by atoms with Crippen molar-refractivity contribution in [1.29, 1.82) is 0 Å². The zero-order chi connectivity index (χ0) is 22.6. The highest BCUT2D eigenvalue weighted by molar-refractivity contribution is 7.89. The average molecular weight is 460 g/mol. The Kier molecular flexibility index (Phi) is 7.23. The van der Waals surface area contributed by atoms with Crippen LogP contribution in [0.15, 0.2) is 59.5 Å². The fourth-order valence-electron chi connectivity index (χ4n) is 4.61. The molecule has 0 spiro atoms. The van der Waals surface area contributed by atoms with Crippen molar-refractivity contribution in [2.24, 2.45) is 5.92 Å². The Bertz CT molecular complexity index is 1010. The van der Waals surface area contributed by atoms with E-state index in [-0.39, 0.29) is 23.3 Å². The molecule has 2 aliphatic heterocycles. The van der Waals surface area contributed by atoms with Gasteiger partial charge >= 0.3 is 0 Å². The molecule has 2 aliphatic rings. The molecule has 0 saturated carbocycles. The molecule has 2 aromatic carbocycles. The summed E-state index contributed by atoms with van der Waals surface area (Å²) in [6.07, 6.45) is 2.45. The number of hydrogen-bond donors (Lipinski definition) is 0. The molecule has 0 radical (unpaired) electrons. The quantitative estimate of drug-likeness (QED) is 0.690. The van der Waals surface area contributed by atoms with Crippen LogP contribution in [0.5, 0.6) is 0 Å². The van der Waals surface area contributed by atoms with Gasteiger partial charge in [0.05, 0.1) is 10.8 Å². The zero-order valence-electron chi connectivity index (χ0n) is 18.2. The molecule has 1 unspecified atom stereocenters. The van der Waals surface area contributed by atoms with Gasteiger partial charge in [0.2, 0.25) is 15.9 Å². The van der Waals surface area contributed by atoms with Crippen LogP contribution in [0.25, 0.3) is 0 Å². The van der Waals surface area contributed by atoms with Crippen molar-refractivity contribution in [1.82, 2.24) is 14.1 Å². The number of amides is 1. The van der Waals surface area contributed by atoms with Crippen molar-refractivity contribution in [2.75, 3.05) is 39.3 Å². The summed E-state index contributed by atoms with van der Waals surface area (Å²) in [5.74, 6) is -0.387. The number of carbonyl (C=O) groups excluding carboxylic acids is 1. The molecule has 2 aromatic rings. The monoisotopic (exact) mass is 459 g/mol. The lowest BCUT2D eigenvalue weighted by atomic mass is 9.96. The number of likely N-dealkylation sites (tertiary alicyclic amines) is 1. The number of benzene rings is 2. The molecule has 1 atom stereocenters. The summed E-state index contributed by atoms with van der Waals surface area (Å²) in [6, 6.07) is 15.2. The predicted octanol–water partition coefficient (Wildman–Crippen LogP) is 2.96. The summed E-state index contributed by atoms with van der Waals surface area (Å²) in [4.78, 5) is 17.5. The molecular weight excluding hydrogens is 429 g/mol. The van der Waals surface area contributed by atoms with Gasteiger partial charge in [0.15, 0.2) is 0 Å². The van der Waals surface area contributed by atoms with Crippen molar-refractivity contribution in [2.45, 2.75) is 30.7 Å². The summed E-state index contributed by atoms with van der Waals surface area (Å²) in [6.45, 7) is 4.12. The van der Waals surface area contributed by atoms with E-state index >= 15 is 0 Å². The zero-order valence-corrected chi connectivity index (χ0v) is 19.0. The Morgan fingerprint density at radius 2 is 1.66 bits per heavy atom. The summed E-state index contributed by atoms with van der Waals surface area (Å²) < 4.78 is 40.5. The molecule has 0 aromatic heterocycles. The van der Waals surface area contributed by atoms with E-state index in [1.165, 1.54) is 22.0 Å². The first kappa shape index (κ1) is 22.9. The first-order chi connectivity index (χ1) is 15.4. The smallest absolute Gasteiger partial charge is 0.243 e. The topological polar surface area (TPSA) is 60.9 Å². The van der Waals surface area contributed by atoms with Crippen LogP contribution in [0.2, 0.25) is 0 Å². The van der Waals surface area contributed by atoms with Crippen LogP contribution >= 0.6 is 0 Å². The largest absolute Gasteiger partial charge is 0.341 e. The number of piperidine rings is 1. The Balaban J connectivity index is 1.36. The Hall–Kier alpha value is -2.29. The van der Waals surface area contributed by atoms with Crippen molar-refractivity contribution >= 4 is 15.9 Å². The minimum absolute atomic E-state index is 0.0484. The first-order valence-corrected chi connectivity index (χ1v) is 12.7. The molecular formula is C24H30FN3O3S. The second kappa shape index (κ2) is 10.1. The van der Waals surface area contributed by atoms with E-state index in [4.69, 9.17) is 0 Å². The molecule has 172 valence electrons. The minimum atomic E-state index is -3.70. The van der Waals surface area contributed by atoms with E-state index in [1.54, 1.807) is 0 Å². The van der Waals surface area contributed by atoms with Crippen LogP contribution in [0, 0.1) is 11.7 Å². The molecule has 0 N–H and O–H groups in total. The van der Waals surface area contributed by atoms with Gasteiger partial charge in [0, 0.05) is 39.3 Å². The second-order valence-electron chi connectivity index (χ2n) is 8.60. The molecule has 0 bridgehead atoms. The van der Waals surface area contributed by atoms with Gasteiger partial charge in [-0.2, -0.15) is 4.31 Å². The van der Waals surface area contributed by atoms with Gasteiger partial charge < -0.3 is 4.90 Å². The van der Waals surface area contributed by atoms with Crippen molar-refractivity contribution in [3.05, 3.63) is 66.0 Å². The molecule has 32 heavy (non-hydrogen) atoms. The van der Waals surface area contributed by atoms with E-state index in [0.717, 1.165) is 44.6 Å². The molecule has 2 heterocycles. The van der Waals surface area contributed by atoms with Crippen LogP contribution in [0.1, 0.15) is 24.8 Å². The van der Waals surface area contributed by atoms with Crippen molar-refractivity contribution < 1.29 is 17.6 Å². The number of halogens is 1. The van der Waals surface area contributed by atoms with Crippen molar-refractivity contribution in [3.63, 3.8) is 0 Å². The third-order valence-electron chi connectivity index (χ3n) is 6.32. The normalized spacial score (nSPS) is 21.3. The summed E-state index contributed by atoms with van der Waals surface area (Å²) >= 11 is 0. The fraction of sp³-hybridized carbons (Fsp3) is 0.458. The van der Waals surface area contributed by atoms with Crippen molar-refractivity contribution in [3.8, 4) is 0 Å². The average Bonchev–Trinajstić information content (AvgIpc) is 3.07. The highest BCUT2D eigenvalue weighted by atomic mass is 32.2. The van der Waals surface area contributed by atoms with Gasteiger partial charge in [-0.1, -0.05) is 30.3 Å². The molecule has 2 saturated heterocycles. The summed E-state index contributed by atoms with van der Waals surface area (Å²) in [5, 5.41) is 0. The standard InChI is InChI=1S/C24H30FN3O3S/c25-22-9-11-23(12-10-22)32(30,31)28-15-5-14-27(16-17-28)24(29)21-8-4-13-26(19-21)18-20-6-2-1-3-7-20/h1-3,6-7,9-12,21H,4-5,8,13-19H2. The summed E-state index contributed by atoms with van der Waals surface area (Å²) in [7, 11) is -3.70. The van der Waals surface area contributed by atoms with Gasteiger partial charge in [-0.05, 0) is 55.6 Å². The van der Waals surface area contributed by atoms with Gasteiger partial charge in [0.25, 0.3) is 0 Å². The van der Waals surface area contributed by atoms with E-state index < -0.39 is 15.8 Å². The molecule has 8 heteroatoms. The van der Waals surface area contributed by atoms with Gasteiger partial charge in [-0.15, -0.1) is 0 Å². The van der Waals surface area contributed by atoms with Gasteiger partial charge in [-0.3, -0.25) is 9.69 Å². The SMILES string of the molecule is O=C(C1CCCN(Cc2ccccc2)C1)N1CCCN(S(=O)(=O)c2ccc(F)cc2)CC1. The summed E-state index contributed by atoms with van der Waals surface area (Å²) in [5.41, 5.74) is 1.25. The predicted molar refractivity (Wildman–Crippen MR) is 121 cm³/mol. The number of carbonyl (C=O) groups is 1. The molecule has 0 aliphatic carbocycles. The fourth-order valence-corrected chi connectivity index (χ4v) is 6.08. The lowest BCUT2D eigenvalue weighted by molar-refractivity contribution is -0.137. The van der Waals surface area contributed by atoms with Gasteiger partial charge in [-0.25, -0.2) is 12.8 Å². The second-order valence-corrected chi connectivity index (χ2v) is 10.5. The maximum atomic E-state index is 13.3. The van der Waals surface area contributed by atoms with E-state index in [9.17, 15) is 17.6 Å². The molecule has 4 rings (SSSR count). The van der Waals surface area contributed by atoms with Crippen LogP contribution in [-0.4, -0.2) is 67.7 Å². The van der Waals surface area contributed by atoms with E-state index in [2.05, 4.69) is 17.0 Å². The number of hydrogen-bond acceptors (Lipinski definition) is 4. The number of rotatable bonds is 5. The van der Waals surface area contributed by atoms with Crippen LogP contribution in [0.3, 0.4) is 0 Å². The van der Waals surface area contributed by atoms with Gasteiger partial charge in [0.1, 0.15) is 5.82 Å². The van der Waals surface area contributed by atoms with Crippen LogP contribution < -0.4 is 0 Å². The van der Waals surface area contributed by atoms with Crippen LogP contribution in [0.4, 0.5) is 4.39 Å². The highest BCUT2D eigenvalue weighted by Gasteiger charge is 2.32. The third kappa shape index (κ3) is 5.36. The molecule has 2 fully saturated rings. The Morgan fingerprint density at radius 3 is 2.41 bits per heavy atom. The highest BCUT2D eigenvalue weighted by Crippen LogP contribution is 2.23. The first-order valence-electron chi connectivity index (χ1n) is 11.2. The van der Waals surface area contributed by atoms with E-state index in [0.29, 0.717) is 26.1 Å². The number of nitrogens with zero attached hydrogens (tertiary/aromatic N) is 3. The maximum absolute atomic E-state index is 13.3. The lowest BCUT2D eigenvalue weighted by Crippen LogP contribution is -2.45. The van der Waals surface area contributed by atoms with Crippen LogP contribution in [-0.2, 0) is 21.4 Å². The lowest BCUT2D eigenvalue weighted by Gasteiger charge is -2.34. The minimum Gasteiger partial charge on any atom is -0.341 e. The number of sulfonamides is 1. The maximum Gasteiger partial charge on any atom is 0.243 e. The Labute approximate surface area is 189 Å². The third-order valence-corrected chi connectivity index (χ3v) is 8.23. The van der Waals surface area contributed by atoms with E-state index in [1.807, 2.05) is 23.1 Å². The molecule has 6 nitrogen and oxygen atoms in total.